The van der Waals surface area contributed by atoms with Gasteiger partial charge < -0.3 is 4.74 Å². The lowest BCUT2D eigenvalue weighted by atomic mass is 10.2. The summed E-state index contributed by atoms with van der Waals surface area (Å²) in [6, 6.07) is 5.77. The molecule has 0 atom stereocenters. The maximum atomic E-state index is 11.3. The van der Waals surface area contributed by atoms with Crippen LogP contribution in [0.3, 0.4) is 0 Å². The molecule has 0 aliphatic carbocycles. The van der Waals surface area contributed by atoms with Crippen molar-refractivity contribution in [2.45, 2.75) is 0 Å². The summed E-state index contributed by atoms with van der Waals surface area (Å²) < 4.78 is 5.59. The standard InChI is InChI=1S/C11H8INO2S/c1-15-11(14)7-5-8(12)10(13-6-7)9-3-2-4-16-9/h2-6H,1H3. The Labute approximate surface area is 111 Å². The lowest BCUT2D eigenvalue weighted by molar-refractivity contribution is 0.0600. The summed E-state index contributed by atoms with van der Waals surface area (Å²) >= 11 is 3.80. The van der Waals surface area contributed by atoms with Crippen LogP contribution in [0.5, 0.6) is 0 Å². The molecule has 0 bridgehead atoms. The minimum absolute atomic E-state index is 0.358. The Hall–Kier alpha value is -0.950. The van der Waals surface area contributed by atoms with E-state index in [0.29, 0.717) is 5.56 Å². The molecule has 0 saturated heterocycles. The van der Waals surface area contributed by atoms with Crippen molar-refractivity contribution < 1.29 is 9.53 Å². The molecule has 0 aliphatic rings. The number of ether oxygens (including phenoxy) is 1. The molecule has 0 saturated carbocycles. The van der Waals surface area contributed by atoms with Crippen molar-refractivity contribution in [1.29, 1.82) is 0 Å². The monoisotopic (exact) mass is 345 g/mol. The number of hydrogen-bond acceptors (Lipinski definition) is 4. The van der Waals surface area contributed by atoms with E-state index >= 15 is 0 Å². The highest BCUT2D eigenvalue weighted by molar-refractivity contribution is 14.1. The first-order valence-corrected chi connectivity index (χ1v) is 6.46. The molecule has 0 radical (unpaired) electrons. The van der Waals surface area contributed by atoms with E-state index < -0.39 is 0 Å². The van der Waals surface area contributed by atoms with E-state index in [-0.39, 0.29) is 5.97 Å². The van der Waals surface area contributed by atoms with Crippen LogP contribution in [0, 0.1) is 3.57 Å². The highest BCUT2D eigenvalue weighted by atomic mass is 127. The fourth-order valence-electron chi connectivity index (χ4n) is 1.26. The van der Waals surface area contributed by atoms with Gasteiger partial charge in [-0.3, -0.25) is 4.98 Å². The Morgan fingerprint density at radius 1 is 1.56 bits per heavy atom. The van der Waals surface area contributed by atoms with E-state index in [4.69, 9.17) is 0 Å². The van der Waals surface area contributed by atoms with E-state index in [2.05, 4.69) is 32.3 Å². The highest BCUT2D eigenvalue weighted by Gasteiger charge is 2.11. The molecule has 82 valence electrons. The smallest absolute Gasteiger partial charge is 0.339 e. The Morgan fingerprint density at radius 3 is 2.94 bits per heavy atom. The van der Waals surface area contributed by atoms with Crippen molar-refractivity contribution >= 4 is 39.9 Å². The van der Waals surface area contributed by atoms with Crippen molar-refractivity contribution in [1.82, 2.24) is 4.98 Å². The molecule has 3 nitrogen and oxygen atoms in total. The number of nitrogens with zero attached hydrogens (tertiary/aromatic N) is 1. The summed E-state index contributed by atoms with van der Waals surface area (Å²) in [6.07, 6.45) is 1.54. The van der Waals surface area contributed by atoms with Gasteiger partial charge in [-0.1, -0.05) is 6.07 Å². The molecule has 5 heteroatoms. The number of esters is 1. The average molecular weight is 345 g/mol. The fourth-order valence-corrected chi connectivity index (χ4v) is 2.95. The van der Waals surface area contributed by atoms with Gasteiger partial charge in [-0.05, 0) is 40.1 Å². The fraction of sp³-hybridized carbons (Fsp3) is 0.0909. The molecule has 0 unspecified atom stereocenters. The first kappa shape index (κ1) is 11.5. The zero-order chi connectivity index (χ0) is 11.5. The van der Waals surface area contributed by atoms with Gasteiger partial charge in [-0.2, -0.15) is 0 Å². The maximum Gasteiger partial charge on any atom is 0.339 e. The first-order valence-electron chi connectivity index (χ1n) is 4.50. The Balaban J connectivity index is 2.41. The summed E-state index contributed by atoms with van der Waals surface area (Å²) in [7, 11) is 1.36. The molecule has 2 aromatic rings. The van der Waals surface area contributed by atoms with Crippen LogP contribution in [0.25, 0.3) is 10.6 Å². The SMILES string of the molecule is COC(=O)c1cnc(-c2cccs2)c(I)c1. The zero-order valence-corrected chi connectivity index (χ0v) is 11.4. The van der Waals surface area contributed by atoms with E-state index in [1.807, 2.05) is 17.5 Å². The molecule has 0 amide bonds. The largest absolute Gasteiger partial charge is 0.465 e. The van der Waals surface area contributed by atoms with E-state index in [0.717, 1.165) is 14.1 Å². The molecular weight excluding hydrogens is 337 g/mol. The van der Waals surface area contributed by atoms with Crippen LogP contribution in [0.1, 0.15) is 10.4 Å². The number of pyridine rings is 1. The molecule has 0 N–H and O–H groups in total. The third kappa shape index (κ3) is 2.25. The lowest BCUT2D eigenvalue weighted by Gasteiger charge is -2.03. The van der Waals surface area contributed by atoms with Crippen LogP contribution >= 0.6 is 33.9 Å². The number of hydrogen-bond donors (Lipinski definition) is 0. The van der Waals surface area contributed by atoms with Crippen LogP contribution in [0.4, 0.5) is 0 Å². The molecule has 2 rings (SSSR count). The van der Waals surface area contributed by atoms with Gasteiger partial charge in [0.25, 0.3) is 0 Å². The number of halogens is 1. The van der Waals surface area contributed by atoms with Crippen molar-refractivity contribution in [3.8, 4) is 10.6 Å². The summed E-state index contributed by atoms with van der Waals surface area (Å²) in [5.41, 5.74) is 1.38. The average Bonchev–Trinajstić information content (AvgIpc) is 2.81. The van der Waals surface area contributed by atoms with E-state index in [1.54, 1.807) is 23.6 Å². The first-order chi connectivity index (χ1) is 7.72. The minimum Gasteiger partial charge on any atom is -0.465 e. The Morgan fingerprint density at radius 2 is 2.38 bits per heavy atom. The summed E-state index contributed by atoms with van der Waals surface area (Å²) in [6.45, 7) is 0. The third-order valence-corrected chi connectivity index (χ3v) is 3.72. The second-order valence-corrected chi connectivity index (χ2v) is 5.13. The second-order valence-electron chi connectivity index (χ2n) is 3.02. The number of aromatic nitrogens is 1. The molecule has 2 aromatic heterocycles. The topological polar surface area (TPSA) is 39.2 Å². The van der Waals surface area contributed by atoms with Gasteiger partial charge in [0, 0.05) is 9.77 Å². The van der Waals surface area contributed by atoms with Crippen LogP contribution in [0.15, 0.2) is 29.8 Å². The van der Waals surface area contributed by atoms with Crippen LogP contribution in [0.2, 0.25) is 0 Å². The third-order valence-electron chi connectivity index (χ3n) is 2.02. The summed E-state index contributed by atoms with van der Waals surface area (Å²) in [4.78, 5) is 16.7. The predicted molar refractivity (Wildman–Crippen MR) is 71.6 cm³/mol. The summed E-state index contributed by atoms with van der Waals surface area (Å²) in [5, 5.41) is 2.00. The molecule has 16 heavy (non-hydrogen) atoms. The van der Waals surface area contributed by atoms with Gasteiger partial charge in [0.1, 0.15) is 0 Å². The second kappa shape index (κ2) is 4.92. The molecule has 0 aliphatic heterocycles. The molecule has 0 aromatic carbocycles. The summed E-state index contributed by atoms with van der Waals surface area (Å²) in [5.74, 6) is -0.358. The minimum atomic E-state index is -0.358. The van der Waals surface area contributed by atoms with Gasteiger partial charge in [-0.25, -0.2) is 4.79 Å². The highest BCUT2D eigenvalue weighted by Crippen LogP contribution is 2.27. The van der Waals surface area contributed by atoms with Crippen molar-refractivity contribution in [3.05, 3.63) is 38.9 Å². The zero-order valence-electron chi connectivity index (χ0n) is 8.44. The van der Waals surface area contributed by atoms with E-state index in [1.165, 1.54) is 7.11 Å². The van der Waals surface area contributed by atoms with Crippen molar-refractivity contribution in [3.63, 3.8) is 0 Å². The van der Waals surface area contributed by atoms with Crippen LogP contribution < -0.4 is 0 Å². The van der Waals surface area contributed by atoms with E-state index in [9.17, 15) is 4.79 Å². The number of carbonyl (C=O) groups is 1. The normalized spacial score (nSPS) is 10.1. The van der Waals surface area contributed by atoms with Crippen LogP contribution in [-0.2, 0) is 4.74 Å². The van der Waals surface area contributed by atoms with Gasteiger partial charge >= 0.3 is 5.97 Å². The van der Waals surface area contributed by atoms with Gasteiger partial charge in [0.15, 0.2) is 0 Å². The number of thiophene rings is 1. The lowest BCUT2D eigenvalue weighted by Crippen LogP contribution is -2.02. The number of carbonyl (C=O) groups excluding carboxylic acids is 1. The quantitative estimate of drug-likeness (QED) is 0.620. The van der Waals surface area contributed by atoms with Gasteiger partial charge in [-0.15, -0.1) is 11.3 Å². The van der Waals surface area contributed by atoms with Crippen molar-refractivity contribution in [2.75, 3.05) is 7.11 Å². The Bertz CT molecular complexity index is 511. The Kier molecular flexibility index (Phi) is 3.55. The maximum absolute atomic E-state index is 11.3. The van der Waals surface area contributed by atoms with Gasteiger partial charge in [0.2, 0.25) is 0 Å². The van der Waals surface area contributed by atoms with Gasteiger partial charge in [0.05, 0.1) is 23.2 Å². The number of methoxy groups -OCH3 is 1. The predicted octanol–water partition coefficient (Wildman–Crippen LogP) is 3.20. The molecule has 0 fully saturated rings. The van der Waals surface area contributed by atoms with Crippen molar-refractivity contribution in [2.24, 2.45) is 0 Å². The van der Waals surface area contributed by atoms with Crippen LogP contribution in [-0.4, -0.2) is 18.1 Å². The molecule has 0 spiro atoms. The molecule has 2 heterocycles. The number of rotatable bonds is 2. The molecular formula is C11H8INO2S.